The van der Waals surface area contributed by atoms with Crippen molar-refractivity contribution in [3.8, 4) is 0 Å². The molecule has 2 N–H and O–H groups in total. The van der Waals surface area contributed by atoms with E-state index in [4.69, 9.17) is 17.3 Å². The Balaban J connectivity index is 2.17. The fourth-order valence-electron chi connectivity index (χ4n) is 2.43. The Bertz CT molecular complexity index is 675. The highest BCUT2D eigenvalue weighted by Crippen LogP contribution is 2.42. The first-order chi connectivity index (χ1) is 9.72. The first-order valence-electron chi connectivity index (χ1n) is 6.50. The number of nitrogens with two attached hydrogens (primary N) is 1. The Morgan fingerprint density at radius 1 is 1.10 bits per heavy atom. The second-order valence-electron chi connectivity index (χ2n) is 4.64. The Kier molecular flexibility index (Phi) is 3.78. The summed E-state index contributed by atoms with van der Waals surface area (Å²) in [4.78, 5) is 3.81. The van der Waals surface area contributed by atoms with Crippen molar-refractivity contribution in [2.24, 2.45) is 5.73 Å². The molecule has 1 aliphatic heterocycles. The highest BCUT2D eigenvalue weighted by Gasteiger charge is 2.27. The molecule has 1 heterocycles. The van der Waals surface area contributed by atoms with Crippen LogP contribution in [0, 0.1) is 0 Å². The van der Waals surface area contributed by atoms with Crippen LogP contribution >= 0.6 is 11.6 Å². The number of para-hydroxylation sites is 1. The molecule has 0 amide bonds. The van der Waals surface area contributed by atoms with Crippen molar-refractivity contribution in [2.75, 3.05) is 18.0 Å². The Morgan fingerprint density at radius 2 is 1.85 bits per heavy atom. The summed E-state index contributed by atoms with van der Waals surface area (Å²) in [7, 11) is -1.16. The summed E-state index contributed by atoms with van der Waals surface area (Å²) in [6.45, 7) is 1.41. The maximum atomic E-state index is 12.7. The molecule has 1 atom stereocenters. The highest BCUT2D eigenvalue weighted by atomic mass is 35.5. The van der Waals surface area contributed by atoms with E-state index in [2.05, 4.69) is 4.90 Å². The van der Waals surface area contributed by atoms with Crippen LogP contribution in [0.15, 0.2) is 52.3 Å². The molecule has 2 aromatic rings. The van der Waals surface area contributed by atoms with Gasteiger partial charge in [0.2, 0.25) is 0 Å². The average Bonchev–Trinajstić information content (AvgIpc) is 2.47. The van der Waals surface area contributed by atoms with Gasteiger partial charge in [0.05, 0.1) is 32.0 Å². The molecule has 0 saturated heterocycles. The van der Waals surface area contributed by atoms with Crippen molar-refractivity contribution in [2.45, 2.75) is 16.2 Å². The van der Waals surface area contributed by atoms with Gasteiger partial charge in [-0.3, -0.25) is 0 Å². The SMILES string of the molecule is NCCCN1c2ccccc2S(=O)c2ccc(Cl)cc21. The second kappa shape index (κ2) is 5.56. The molecular weight excluding hydrogens is 292 g/mol. The van der Waals surface area contributed by atoms with Gasteiger partial charge >= 0.3 is 0 Å². The molecule has 1 unspecified atom stereocenters. The predicted molar refractivity (Wildman–Crippen MR) is 83.2 cm³/mol. The van der Waals surface area contributed by atoms with Crippen LogP contribution in [0.3, 0.4) is 0 Å². The van der Waals surface area contributed by atoms with Crippen LogP contribution in [0.4, 0.5) is 11.4 Å². The Hall–Kier alpha value is -1.36. The number of rotatable bonds is 3. The number of nitrogens with zero attached hydrogens (tertiary/aromatic N) is 1. The lowest BCUT2D eigenvalue weighted by Gasteiger charge is -2.32. The van der Waals surface area contributed by atoms with Gasteiger partial charge in [-0.25, -0.2) is 4.21 Å². The first kappa shape index (κ1) is 13.6. The lowest BCUT2D eigenvalue weighted by atomic mass is 10.2. The van der Waals surface area contributed by atoms with E-state index in [1.807, 2.05) is 36.4 Å². The molecule has 20 heavy (non-hydrogen) atoms. The van der Waals surface area contributed by atoms with Gasteiger partial charge in [-0.2, -0.15) is 0 Å². The van der Waals surface area contributed by atoms with Crippen molar-refractivity contribution in [3.63, 3.8) is 0 Å². The van der Waals surface area contributed by atoms with E-state index in [9.17, 15) is 4.21 Å². The van der Waals surface area contributed by atoms with Crippen LogP contribution in [0.2, 0.25) is 5.02 Å². The van der Waals surface area contributed by atoms with Crippen LogP contribution in [0.25, 0.3) is 0 Å². The minimum atomic E-state index is -1.16. The highest BCUT2D eigenvalue weighted by molar-refractivity contribution is 7.85. The molecule has 104 valence electrons. The standard InChI is InChI=1S/C15H15ClN2OS/c16-11-6-7-15-13(10-11)18(9-3-8-17)12-4-1-2-5-14(12)20(15)19/h1-2,4-7,10H,3,8-9,17H2. The molecule has 3 nitrogen and oxygen atoms in total. The van der Waals surface area contributed by atoms with E-state index in [1.165, 1.54) is 0 Å². The summed E-state index contributed by atoms with van der Waals surface area (Å²) in [5.74, 6) is 0. The summed E-state index contributed by atoms with van der Waals surface area (Å²) >= 11 is 6.10. The van der Waals surface area contributed by atoms with E-state index in [1.54, 1.807) is 6.07 Å². The molecule has 0 radical (unpaired) electrons. The summed E-state index contributed by atoms with van der Waals surface area (Å²) in [5.41, 5.74) is 7.53. The summed E-state index contributed by atoms with van der Waals surface area (Å²) in [6.07, 6.45) is 0.868. The van der Waals surface area contributed by atoms with Gasteiger partial charge in [-0.1, -0.05) is 23.7 Å². The molecule has 2 aromatic carbocycles. The molecule has 0 bridgehead atoms. The van der Waals surface area contributed by atoms with Gasteiger partial charge in [0, 0.05) is 11.6 Å². The first-order valence-corrected chi connectivity index (χ1v) is 8.03. The summed E-state index contributed by atoms with van der Waals surface area (Å²) in [6, 6.07) is 13.3. The number of anilines is 2. The van der Waals surface area contributed by atoms with Crippen molar-refractivity contribution >= 4 is 33.8 Å². The maximum absolute atomic E-state index is 12.7. The van der Waals surface area contributed by atoms with E-state index in [-0.39, 0.29) is 0 Å². The van der Waals surface area contributed by atoms with E-state index in [0.717, 1.165) is 34.1 Å². The lowest BCUT2D eigenvalue weighted by molar-refractivity contribution is 0.680. The third kappa shape index (κ3) is 2.24. The van der Waals surface area contributed by atoms with E-state index < -0.39 is 10.8 Å². The number of hydrogen-bond donors (Lipinski definition) is 1. The van der Waals surface area contributed by atoms with Gasteiger partial charge < -0.3 is 10.6 Å². The normalized spacial score (nSPS) is 16.7. The predicted octanol–water partition coefficient (Wildman–Crippen LogP) is 3.31. The minimum absolute atomic E-state index is 0.623. The Labute approximate surface area is 125 Å². The molecule has 0 saturated carbocycles. The third-order valence-electron chi connectivity index (χ3n) is 3.35. The van der Waals surface area contributed by atoms with Crippen molar-refractivity contribution in [3.05, 3.63) is 47.5 Å². The van der Waals surface area contributed by atoms with Crippen molar-refractivity contribution in [1.29, 1.82) is 0 Å². The minimum Gasteiger partial charge on any atom is -0.339 e. The maximum Gasteiger partial charge on any atom is 0.0892 e. The fraction of sp³-hybridized carbons (Fsp3) is 0.200. The van der Waals surface area contributed by atoms with Crippen LogP contribution in [-0.2, 0) is 10.8 Å². The van der Waals surface area contributed by atoms with E-state index in [0.29, 0.717) is 11.6 Å². The smallest absolute Gasteiger partial charge is 0.0892 e. The number of hydrogen-bond acceptors (Lipinski definition) is 3. The van der Waals surface area contributed by atoms with Gasteiger partial charge in [0.15, 0.2) is 0 Å². The molecule has 0 fully saturated rings. The zero-order chi connectivity index (χ0) is 14.1. The second-order valence-corrected chi connectivity index (χ2v) is 6.50. The molecule has 5 heteroatoms. The molecular formula is C15H15ClN2OS. The van der Waals surface area contributed by atoms with Crippen LogP contribution < -0.4 is 10.6 Å². The molecule has 0 spiro atoms. The average molecular weight is 307 g/mol. The quantitative estimate of drug-likeness (QED) is 0.946. The number of benzene rings is 2. The monoisotopic (exact) mass is 306 g/mol. The lowest BCUT2D eigenvalue weighted by Crippen LogP contribution is -2.26. The fourth-order valence-corrected chi connectivity index (χ4v) is 3.96. The summed E-state index contributed by atoms with van der Waals surface area (Å²) in [5, 5.41) is 0.651. The molecule has 3 rings (SSSR count). The molecule has 0 aromatic heterocycles. The van der Waals surface area contributed by atoms with Crippen molar-refractivity contribution < 1.29 is 4.21 Å². The number of halogens is 1. The van der Waals surface area contributed by atoms with Gasteiger partial charge in [0.25, 0.3) is 0 Å². The van der Waals surface area contributed by atoms with Crippen LogP contribution in [0.1, 0.15) is 6.42 Å². The zero-order valence-corrected chi connectivity index (χ0v) is 12.5. The van der Waals surface area contributed by atoms with Gasteiger partial charge in [-0.15, -0.1) is 0 Å². The van der Waals surface area contributed by atoms with Crippen LogP contribution in [-0.4, -0.2) is 17.3 Å². The topological polar surface area (TPSA) is 46.3 Å². The Morgan fingerprint density at radius 3 is 2.65 bits per heavy atom. The van der Waals surface area contributed by atoms with Gasteiger partial charge in [-0.05, 0) is 43.3 Å². The molecule has 1 aliphatic rings. The largest absolute Gasteiger partial charge is 0.339 e. The van der Waals surface area contributed by atoms with Crippen molar-refractivity contribution in [1.82, 2.24) is 0 Å². The zero-order valence-electron chi connectivity index (χ0n) is 10.9. The van der Waals surface area contributed by atoms with Gasteiger partial charge in [0.1, 0.15) is 0 Å². The molecule has 0 aliphatic carbocycles. The number of fused-ring (bicyclic) bond motifs is 2. The van der Waals surface area contributed by atoms with E-state index >= 15 is 0 Å². The summed E-state index contributed by atoms with van der Waals surface area (Å²) < 4.78 is 12.7. The van der Waals surface area contributed by atoms with Crippen LogP contribution in [0.5, 0.6) is 0 Å². The third-order valence-corrected chi connectivity index (χ3v) is 5.08.